The van der Waals surface area contributed by atoms with E-state index in [-0.39, 0.29) is 5.54 Å². The van der Waals surface area contributed by atoms with Crippen molar-refractivity contribution in [3.63, 3.8) is 0 Å². The Morgan fingerprint density at radius 3 is 2.62 bits per heavy atom. The van der Waals surface area contributed by atoms with Crippen LogP contribution in [0.5, 0.6) is 0 Å². The van der Waals surface area contributed by atoms with Crippen molar-refractivity contribution in [3.8, 4) is 0 Å². The fourth-order valence-electron chi connectivity index (χ4n) is 2.27. The van der Waals surface area contributed by atoms with E-state index in [9.17, 15) is 0 Å². The second-order valence-corrected chi connectivity index (χ2v) is 4.58. The van der Waals surface area contributed by atoms with E-state index >= 15 is 0 Å². The van der Waals surface area contributed by atoms with Gasteiger partial charge in [-0.05, 0) is 19.5 Å². The molecular formula is C13H20N2O. The Labute approximate surface area is 97.2 Å². The van der Waals surface area contributed by atoms with Crippen LogP contribution in [0.4, 0.5) is 0 Å². The molecule has 0 saturated carbocycles. The van der Waals surface area contributed by atoms with E-state index in [0.29, 0.717) is 13.2 Å². The highest BCUT2D eigenvalue weighted by atomic mass is 16.5. The molecule has 1 aliphatic rings. The van der Waals surface area contributed by atoms with Gasteiger partial charge in [0.05, 0.1) is 18.8 Å². The highest BCUT2D eigenvalue weighted by Gasteiger charge is 2.37. The summed E-state index contributed by atoms with van der Waals surface area (Å²) in [6, 6.07) is 8.59. The Bertz CT molecular complexity index is 349. The van der Waals surface area contributed by atoms with Crippen molar-refractivity contribution in [1.82, 2.24) is 4.90 Å². The van der Waals surface area contributed by atoms with Gasteiger partial charge in [0, 0.05) is 13.1 Å². The van der Waals surface area contributed by atoms with Crippen molar-refractivity contribution in [2.75, 3.05) is 33.4 Å². The van der Waals surface area contributed by atoms with Crippen LogP contribution >= 0.6 is 0 Å². The SMILES string of the molecule is Cc1ccc(C2(CN)COCCN2C)cc1. The molecule has 1 heterocycles. The molecule has 88 valence electrons. The Morgan fingerprint density at radius 1 is 1.38 bits per heavy atom. The molecule has 1 saturated heterocycles. The van der Waals surface area contributed by atoms with Gasteiger partial charge in [-0.25, -0.2) is 0 Å². The van der Waals surface area contributed by atoms with Gasteiger partial charge in [-0.3, -0.25) is 4.90 Å². The molecule has 0 aromatic heterocycles. The molecular weight excluding hydrogens is 200 g/mol. The largest absolute Gasteiger partial charge is 0.378 e. The van der Waals surface area contributed by atoms with Crippen LogP contribution in [0.25, 0.3) is 0 Å². The van der Waals surface area contributed by atoms with E-state index in [4.69, 9.17) is 10.5 Å². The van der Waals surface area contributed by atoms with Crippen LogP contribution in [0.1, 0.15) is 11.1 Å². The van der Waals surface area contributed by atoms with Crippen molar-refractivity contribution in [1.29, 1.82) is 0 Å². The van der Waals surface area contributed by atoms with Gasteiger partial charge in [-0.1, -0.05) is 29.8 Å². The van der Waals surface area contributed by atoms with Crippen molar-refractivity contribution in [3.05, 3.63) is 35.4 Å². The monoisotopic (exact) mass is 220 g/mol. The van der Waals surface area contributed by atoms with Crippen LogP contribution in [0.3, 0.4) is 0 Å². The molecule has 0 aliphatic carbocycles. The van der Waals surface area contributed by atoms with Crippen molar-refractivity contribution in [2.45, 2.75) is 12.5 Å². The average Bonchev–Trinajstić information content (AvgIpc) is 2.31. The number of rotatable bonds is 2. The predicted molar refractivity (Wildman–Crippen MR) is 65.4 cm³/mol. The van der Waals surface area contributed by atoms with Gasteiger partial charge in [-0.15, -0.1) is 0 Å². The summed E-state index contributed by atoms with van der Waals surface area (Å²) in [6.07, 6.45) is 0. The standard InChI is InChI=1S/C13H20N2O/c1-11-3-5-12(6-4-11)13(9-14)10-16-8-7-15(13)2/h3-6H,7-10,14H2,1-2H3. The van der Waals surface area contributed by atoms with Crippen LogP contribution < -0.4 is 5.73 Å². The molecule has 3 heteroatoms. The first kappa shape index (κ1) is 11.6. The van der Waals surface area contributed by atoms with Crippen molar-refractivity contribution >= 4 is 0 Å². The number of nitrogens with zero attached hydrogens (tertiary/aromatic N) is 1. The van der Waals surface area contributed by atoms with E-state index in [0.717, 1.165) is 13.2 Å². The third kappa shape index (κ3) is 1.86. The highest BCUT2D eigenvalue weighted by molar-refractivity contribution is 5.29. The lowest BCUT2D eigenvalue weighted by molar-refractivity contribution is -0.0549. The summed E-state index contributed by atoms with van der Waals surface area (Å²) < 4.78 is 5.61. The number of hydrogen-bond acceptors (Lipinski definition) is 3. The molecule has 0 radical (unpaired) electrons. The van der Waals surface area contributed by atoms with E-state index in [1.54, 1.807) is 0 Å². The molecule has 2 rings (SSSR count). The molecule has 16 heavy (non-hydrogen) atoms. The minimum atomic E-state index is -0.147. The first-order chi connectivity index (χ1) is 7.69. The van der Waals surface area contributed by atoms with E-state index in [1.807, 2.05) is 0 Å². The summed E-state index contributed by atoms with van der Waals surface area (Å²) in [5, 5.41) is 0. The first-order valence-electron chi connectivity index (χ1n) is 5.75. The Morgan fingerprint density at radius 2 is 2.06 bits per heavy atom. The second kappa shape index (κ2) is 4.53. The first-order valence-corrected chi connectivity index (χ1v) is 5.75. The summed E-state index contributed by atoms with van der Waals surface area (Å²) in [5.41, 5.74) is 8.36. The van der Waals surface area contributed by atoms with Crippen molar-refractivity contribution < 1.29 is 4.74 Å². The zero-order valence-corrected chi connectivity index (χ0v) is 10.1. The van der Waals surface area contributed by atoms with Gasteiger partial charge >= 0.3 is 0 Å². The normalized spacial score (nSPS) is 26.9. The van der Waals surface area contributed by atoms with Crippen LogP contribution in [0.15, 0.2) is 24.3 Å². The van der Waals surface area contributed by atoms with Gasteiger partial charge in [0.25, 0.3) is 0 Å². The van der Waals surface area contributed by atoms with Crippen molar-refractivity contribution in [2.24, 2.45) is 5.73 Å². The van der Waals surface area contributed by atoms with Gasteiger partial charge < -0.3 is 10.5 Å². The number of benzene rings is 1. The molecule has 1 atom stereocenters. The molecule has 0 amide bonds. The number of likely N-dealkylation sites (N-methyl/N-ethyl adjacent to an activating group) is 1. The summed E-state index contributed by atoms with van der Waals surface area (Å²) in [7, 11) is 2.12. The summed E-state index contributed by atoms with van der Waals surface area (Å²) in [5.74, 6) is 0. The van der Waals surface area contributed by atoms with Gasteiger partial charge in [0.1, 0.15) is 0 Å². The zero-order valence-electron chi connectivity index (χ0n) is 10.1. The predicted octanol–water partition coefficient (Wildman–Crippen LogP) is 1.11. The summed E-state index contributed by atoms with van der Waals surface area (Å²) in [4.78, 5) is 2.31. The fourth-order valence-corrected chi connectivity index (χ4v) is 2.27. The molecule has 3 nitrogen and oxygen atoms in total. The van der Waals surface area contributed by atoms with E-state index < -0.39 is 0 Å². The minimum Gasteiger partial charge on any atom is -0.378 e. The van der Waals surface area contributed by atoms with E-state index in [2.05, 4.69) is 43.1 Å². The maximum atomic E-state index is 5.98. The van der Waals surface area contributed by atoms with E-state index in [1.165, 1.54) is 11.1 Å². The summed E-state index contributed by atoms with van der Waals surface area (Å²) in [6.45, 7) is 5.10. The Kier molecular flexibility index (Phi) is 3.28. The minimum absolute atomic E-state index is 0.147. The third-order valence-corrected chi connectivity index (χ3v) is 3.57. The van der Waals surface area contributed by atoms with Crippen LogP contribution in [0, 0.1) is 6.92 Å². The topological polar surface area (TPSA) is 38.5 Å². The average molecular weight is 220 g/mol. The molecule has 1 aromatic carbocycles. The Hall–Kier alpha value is -0.900. The van der Waals surface area contributed by atoms with Gasteiger partial charge in [0.2, 0.25) is 0 Å². The number of hydrogen-bond donors (Lipinski definition) is 1. The smallest absolute Gasteiger partial charge is 0.0819 e. The molecule has 0 spiro atoms. The molecule has 1 aromatic rings. The maximum Gasteiger partial charge on any atom is 0.0819 e. The Balaban J connectivity index is 2.36. The number of ether oxygens (including phenoxy) is 1. The van der Waals surface area contributed by atoms with Crippen LogP contribution in [-0.2, 0) is 10.3 Å². The number of aryl methyl sites for hydroxylation is 1. The lowest BCUT2D eigenvalue weighted by Gasteiger charge is -2.44. The zero-order chi connectivity index (χ0) is 11.6. The second-order valence-electron chi connectivity index (χ2n) is 4.58. The van der Waals surface area contributed by atoms with Crippen LogP contribution in [0.2, 0.25) is 0 Å². The number of nitrogens with two attached hydrogens (primary N) is 1. The quantitative estimate of drug-likeness (QED) is 0.811. The molecule has 1 aliphatic heterocycles. The number of morpholine rings is 1. The fraction of sp³-hybridized carbons (Fsp3) is 0.538. The molecule has 1 unspecified atom stereocenters. The lowest BCUT2D eigenvalue weighted by atomic mass is 9.87. The molecule has 1 fully saturated rings. The third-order valence-electron chi connectivity index (χ3n) is 3.57. The molecule has 0 bridgehead atoms. The maximum absolute atomic E-state index is 5.98. The highest BCUT2D eigenvalue weighted by Crippen LogP contribution is 2.29. The van der Waals surface area contributed by atoms with Gasteiger partial charge in [0.15, 0.2) is 0 Å². The lowest BCUT2D eigenvalue weighted by Crippen LogP contribution is -2.56. The molecule has 2 N–H and O–H groups in total. The van der Waals surface area contributed by atoms with Crippen LogP contribution in [-0.4, -0.2) is 38.3 Å². The van der Waals surface area contributed by atoms with Gasteiger partial charge in [-0.2, -0.15) is 0 Å². The summed E-state index contributed by atoms with van der Waals surface area (Å²) >= 11 is 0.